The molecule has 0 spiro atoms. The molecule has 1 aliphatic rings. The molecule has 4 nitrogen and oxygen atoms in total. The normalized spacial score (nSPS) is 19.6. The van der Waals surface area contributed by atoms with Crippen molar-refractivity contribution in [2.75, 3.05) is 19.8 Å². The fourth-order valence-corrected chi connectivity index (χ4v) is 2.79. The van der Waals surface area contributed by atoms with E-state index in [0.717, 1.165) is 12.1 Å². The van der Waals surface area contributed by atoms with E-state index in [1.54, 1.807) is 0 Å². The molecule has 0 N–H and O–H groups in total. The van der Waals surface area contributed by atoms with Gasteiger partial charge in [-0.05, 0) is 36.8 Å². The average Bonchev–Trinajstić information content (AvgIpc) is 2.63. The Labute approximate surface area is 166 Å². The van der Waals surface area contributed by atoms with Crippen molar-refractivity contribution in [1.29, 1.82) is 0 Å². The van der Waals surface area contributed by atoms with Crippen LogP contribution in [0.3, 0.4) is 0 Å². The predicted molar refractivity (Wildman–Crippen MR) is 87.8 cm³/mol. The van der Waals surface area contributed by atoms with Crippen LogP contribution in [-0.2, 0) is 9.47 Å². The number of benzene rings is 2. The van der Waals surface area contributed by atoms with Crippen LogP contribution >= 0.6 is 0 Å². The highest BCUT2D eigenvalue weighted by Crippen LogP contribution is 2.33. The van der Waals surface area contributed by atoms with E-state index in [4.69, 9.17) is 14.2 Å². The summed E-state index contributed by atoms with van der Waals surface area (Å²) in [5, 5.41) is 0. The number of aryl methyl sites for hydroxylation is 1. The lowest BCUT2D eigenvalue weighted by Crippen LogP contribution is -2.31. The van der Waals surface area contributed by atoms with Gasteiger partial charge >= 0.3 is 6.36 Å². The first-order valence-corrected chi connectivity index (χ1v) is 8.60. The molecule has 1 heterocycles. The SMILES string of the molecule is Cc1cc(F)c(OCC2COC(c3cc(F)c(OC(F)(F)F)c(F)c3)OC2)c(F)c1. The van der Waals surface area contributed by atoms with Crippen LogP contribution in [-0.4, -0.2) is 26.2 Å². The maximum atomic E-state index is 13.8. The van der Waals surface area contributed by atoms with Gasteiger partial charge in [-0.25, -0.2) is 17.6 Å². The molecule has 164 valence electrons. The summed E-state index contributed by atoms with van der Waals surface area (Å²) in [7, 11) is 0. The van der Waals surface area contributed by atoms with Crippen LogP contribution in [0.1, 0.15) is 17.4 Å². The molecule has 2 aromatic rings. The van der Waals surface area contributed by atoms with Crippen LogP contribution < -0.4 is 9.47 Å². The van der Waals surface area contributed by atoms with Crippen molar-refractivity contribution in [1.82, 2.24) is 0 Å². The van der Waals surface area contributed by atoms with E-state index in [1.165, 1.54) is 6.92 Å². The average molecular weight is 440 g/mol. The third-order valence-corrected chi connectivity index (χ3v) is 4.08. The second kappa shape index (κ2) is 8.68. The van der Waals surface area contributed by atoms with Crippen LogP contribution in [0, 0.1) is 36.1 Å². The van der Waals surface area contributed by atoms with Gasteiger partial charge in [0.05, 0.1) is 19.8 Å². The van der Waals surface area contributed by atoms with Crippen LogP contribution in [0.25, 0.3) is 0 Å². The first kappa shape index (κ1) is 22.2. The Morgan fingerprint density at radius 1 is 0.867 bits per heavy atom. The molecule has 0 aliphatic carbocycles. The molecular weight excluding hydrogens is 425 g/mol. The van der Waals surface area contributed by atoms with Crippen molar-refractivity contribution in [2.45, 2.75) is 19.6 Å². The summed E-state index contributed by atoms with van der Waals surface area (Å²) in [5.41, 5.74) is 0.185. The molecule has 0 bridgehead atoms. The number of alkyl halides is 3. The van der Waals surface area contributed by atoms with E-state index in [-0.39, 0.29) is 25.4 Å². The Hall–Kier alpha value is -2.53. The molecule has 1 aliphatic heterocycles. The number of ether oxygens (including phenoxy) is 4. The molecule has 0 radical (unpaired) electrons. The molecule has 0 amide bonds. The highest BCUT2D eigenvalue weighted by Gasteiger charge is 2.35. The van der Waals surface area contributed by atoms with Crippen molar-refractivity contribution in [3.05, 3.63) is 58.7 Å². The molecule has 1 fully saturated rings. The van der Waals surface area contributed by atoms with Crippen LogP contribution in [0.4, 0.5) is 30.7 Å². The maximum absolute atomic E-state index is 13.8. The standard InChI is InChI=1S/C19H15F7O4/c1-9-2-12(20)16(13(21)3-9)27-6-10-7-28-18(29-8-10)11-4-14(22)17(15(23)5-11)30-19(24,25)26/h2-5,10,18H,6-8H2,1H3. The summed E-state index contributed by atoms with van der Waals surface area (Å²) < 4.78 is 111. The number of rotatable bonds is 5. The first-order valence-electron chi connectivity index (χ1n) is 8.60. The van der Waals surface area contributed by atoms with Gasteiger partial charge in [-0.2, -0.15) is 0 Å². The highest BCUT2D eigenvalue weighted by molar-refractivity contribution is 5.32. The molecule has 0 atom stereocenters. The van der Waals surface area contributed by atoms with E-state index >= 15 is 0 Å². The van der Waals surface area contributed by atoms with E-state index < -0.39 is 53.3 Å². The van der Waals surface area contributed by atoms with Gasteiger partial charge in [0.15, 0.2) is 35.3 Å². The third kappa shape index (κ3) is 5.33. The summed E-state index contributed by atoms with van der Waals surface area (Å²) in [6, 6.07) is 3.42. The van der Waals surface area contributed by atoms with Gasteiger partial charge in [0.25, 0.3) is 0 Å². The highest BCUT2D eigenvalue weighted by atomic mass is 19.4. The van der Waals surface area contributed by atoms with Gasteiger partial charge in [-0.1, -0.05) is 0 Å². The smallest absolute Gasteiger partial charge is 0.487 e. The van der Waals surface area contributed by atoms with E-state index in [2.05, 4.69) is 4.74 Å². The van der Waals surface area contributed by atoms with Crippen molar-refractivity contribution in [3.63, 3.8) is 0 Å². The lowest BCUT2D eigenvalue weighted by atomic mass is 10.1. The second-order valence-corrected chi connectivity index (χ2v) is 6.59. The molecule has 2 aromatic carbocycles. The quantitative estimate of drug-likeness (QED) is 0.600. The predicted octanol–water partition coefficient (Wildman–Crippen LogP) is 5.19. The van der Waals surface area contributed by atoms with Gasteiger partial charge in [0.1, 0.15) is 0 Å². The zero-order valence-electron chi connectivity index (χ0n) is 15.4. The van der Waals surface area contributed by atoms with Crippen LogP contribution in [0.15, 0.2) is 24.3 Å². The molecule has 3 rings (SSSR count). The fraction of sp³-hybridized carbons (Fsp3) is 0.368. The molecule has 11 heteroatoms. The summed E-state index contributed by atoms with van der Waals surface area (Å²) in [6.07, 6.45) is -6.51. The Balaban J connectivity index is 1.59. The Morgan fingerprint density at radius 2 is 1.37 bits per heavy atom. The number of hydrogen-bond donors (Lipinski definition) is 0. The lowest BCUT2D eigenvalue weighted by molar-refractivity contribution is -0.276. The molecular formula is C19H15F7O4. The minimum Gasteiger partial charge on any atom is -0.487 e. The summed E-state index contributed by atoms with van der Waals surface area (Å²) in [5.74, 6) is -7.48. The monoisotopic (exact) mass is 440 g/mol. The van der Waals surface area contributed by atoms with Gasteiger partial charge in [-0.15, -0.1) is 13.2 Å². The van der Waals surface area contributed by atoms with E-state index in [0.29, 0.717) is 17.7 Å². The van der Waals surface area contributed by atoms with Crippen molar-refractivity contribution in [3.8, 4) is 11.5 Å². The molecule has 0 unspecified atom stereocenters. The topological polar surface area (TPSA) is 36.9 Å². The Morgan fingerprint density at radius 3 is 1.87 bits per heavy atom. The van der Waals surface area contributed by atoms with E-state index in [9.17, 15) is 30.7 Å². The van der Waals surface area contributed by atoms with Gasteiger partial charge in [-0.3, -0.25) is 0 Å². The van der Waals surface area contributed by atoms with Crippen molar-refractivity contribution in [2.24, 2.45) is 5.92 Å². The lowest BCUT2D eigenvalue weighted by Gasteiger charge is -2.29. The molecule has 30 heavy (non-hydrogen) atoms. The number of halogens is 7. The van der Waals surface area contributed by atoms with Crippen molar-refractivity contribution >= 4 is 0 Å². The Kier molecular flexibility index (Phi) is 6.41. The van der Waals surface area contributed by atoms with Gasteiger partial charge in [0, 0.05) is 11.5 Å². The largest absolute Gasteiger partial charge is 0.573 e. The van der Waals surface area contributed by atoms with Crippen LogP contribution in [0.2, 0.25) is 0 Å². The van der Waals surface area contributed by atoms with E-state index in [1.807, 2.05) is 0 Å². The van der Waals surface area contributed by atoms with Gasteiger partial charge < -0.3 is 18.9 Å². The van der Waals surface area contributed by atoms with Gasteiger partial charge in [0.2, 0.25) is 5.75 Å². The van der Waals surface area contributed by atoms with Crippen molar-refractivity contribution < 1.29 is 49.7 Å². The minimum absolute atomic E-state index is 0.0518. The zero-order chi connectivity index (χ0) is 22.1. The summed E-state index contributed by atoms with van der Waals surface area (Å²) in [4.78, 5) is 0. The fourth-order valence-electron chi connectivity index (χ4n) is 2.79. The number of hydrogen-bond acceptors (Lipinski definition) is 4. The Bertz CT molecular complexity index is 862. The minimum atomic E-state index is -5.26. The third-order valence-electron chi connectivity index (χ3n) is 4.08. The maximum Gasteiger partial charge on any atom is 0.573 e. The second-order valence-electron chi connectivity index (χ2n) is 6.59. The molecule has 1 saturated heterocycles. The molecule has 0 saturated carbocycles. The molecule has 0 aromatic heterocycles. The van der Waals surface area contributed by atoms with Crippen LogP contribution in [0.5, 0.6) is 11.5 Å². The summed E-state index contributed by atoms with van der Waals surface area (Å²) >= 11 is 0. The zero-order valence-corrected chi connectivity index (χ0v) is 15.4. The summed E-state index contributed by atoms with van der Waals surface area (Å²) in [6.45, 7) is 1.25. The first-order chi connectivity index (χ1) is 14.0.